The van der Waals surface area contributed by atoms with Crippen LogP contribution in [0.15, 0.2) is 223 Å². The molecule has 0 aliphatic heterocycles. The summed E-state index contributed by atoms with van der Waals surface area (Å²) in [6.45, 7) is 0. The fourth-order valence-electron chi connectivity index (χ4n) is 8.75. The molecular formula is C56H36O. The summed E-state index contributed by atoms with van der Waals surface area (Å²) in [6, 6.07) is 78.9. The summed E-state index contributed by atoms with van der Waals surface area (Å²) >= 11 is 0. The molecule has 0 fully saturated rings. The SMILES string of the molecule is c1ccc(-c2ccc3c(-c4ccc5ccccc5c4)c4ccccc4c(-c4ccc(-c5ccc6oc(-c7ccccc7)c(-c7ccccc7)c6c5)cc4)c3c2)cc1. The molecule has 0 radical (unpaired) electrons. The highest BCUT2D eigenvalue weighted by Crippen LogP contribution is 2.46. The summed E-state index contributed by atoms with van der Waals surface area (Å²) in [7, 11) is 0. The minimum absolute atomic E-state index is 0.881. The maximum atomic E-state index is 6.59. The van der Waals surface area contributed by atoms with Gasteiger partial charge in [0.25, 0.3) is 0 Å². The fraction of sp³-hybridized carbons (Fsp3) is 0. The van der Waals surface area contributed by atoms with E-state index in [2.05, 4.69) is 212 Å². The van der Waals surface area contributed by atoms with Crippen molar-refractivity contribution in [2.75, 3.05) is 0 Å². The van der Waals surface area contributed by atoms with Crippen LogP contribution < -0.4 is 0 Å². The molecule has 0 saturated heterocycles. The number of hydrogen-bond donors (Lipinski definition) is 0. The zero-order valence-corrected chi connectivity index (χ0v) is 31.2. The van der Waals surface area contributed by atoms with E-state index < -0.39 is 0 Å². The Hall–Kier alpha value is -7.48. The van der Waals surface area contributed by atoms with Crippen molar-refractivity contribution < 1.29 is 4.42 Å². The number of furan rings is 1. The molecule has 1 heteroatoms. The van der Waals surface area contributed by atoms with Crippen molar-refractivity contribution in [2.45, 2.75) is 0 Å². The molecule has 11 aromatic rings. The van der Waals surface area contributed by atoms with Gasteiger partial charge in [-0.25, -0.2) is 0 Å². The third-order valence-electron chi connectivity index (χ3n) is 11.5. The largest absolute Gasteiger partial charge is 0.455 e. The van der Waals surface area contributed by atoms with Crippen LogP contribution in [0.25, 0.3) is 110 Å². The van der Waals surface area contributed by atoms with Gasteiger partial charge in [0.15, 0.2) is 0 Å². The van der Waals surface area contributed by atoms with Gasteiger partial charge in [0.1, 0.15) is 11.3 Å². The average Bonchev–Trinajstić information content (AvgIpc) is 3.68. The fourth-order valence-corrected chi connectivity index (χ4v) is 8.75. The lowest BCUT2D eigenvalue weighted by atomic mass is 9.84. The van der Waals surface area contributed by atoms with Gasteiger partial charge in [-0.3, -0.25) is 0 Å². The van der Waals surface area contributed by atoms with Crippen LogP contribution in [0.5, 0.6) is 0 Å². The van der Waals surface area contributed by atoms with E-state index >= 15 is 0 Å². The highest BCUT2D eigenvalue weighted by molar-refractivity contribution is 6.22. The van der Waals surface area contributed by atoms with Gasteiger partial charge < -0.3 is 4.42 Å². The summed E-state index contributed by atoms with van der Waals surface area (Å²) in [5.41, 5.74) is 13.9. The van der Waals surface area contributed by atoms with E-state index in [9.17, 15) is 0 Å². The van der Waals surface area contributed by atoms with E-state index in [1.807, 2.05) is 6.07 Å². The van der Waals surface area contributed by atoms with Gasteiger partial charge in [-0.2, -0.15) is 0 Å². The van der Waals surface area contributed by atoms with E-state index in [0.717, 1.165) is 44.5 Å². The number of rotatable bonds is 6. The Morgan fingerprint density at radius 3 is 1.39 bits per heavy atom. The monoisotopic (exact) mass is 724 g/mol. The second-order valence-electron chi connectivity index (χ2n) is 14.8. The third kappa shape index (κ3) is 5.72. The quantitative estimate of drug-likeness (QED) is 0.156. The van der Waals surface area contributed by atoms with Crippen LogP contribution in [0.3, 0.4) is 0 Å². The van der Waals surface area contributed by atoms with Crippen molar-refractivity contribution in [1.29, 1.82) is 0 Å². The Balaban J connectivity index is 1.09. The van der Waals surface area contributed by atoms with Crippen molar-refractivity contribution in [3.05, 3.63) is 218 Å². The average molecular weight is 725 g/mol. The van der Waals surface area contributed by atoms with Crippen molar-refractivity contribution in [3.63, 3.8) is 0 Å². The molecule has 266 valence electrons. The summed E-state index contributed by atoms with van der Waals surface area (Å²) < 4.78 is 6.59. The zero-order chi connectivity index (χ0) is 37.7. The van der Waals surface area contributed by atoms with Crippen LogP contribution in [-0.4, -0.2) is 0 Å². The molecule has 0 N–H and O–H groups in total. The molecule has 1 heterocycles. The maximum Gasteiger partial charge on any atom is 0.143 e. The summed E-state index contributed by atoms with van der Waals surface area (Å²) in [4.78, 5) is 0. The van der Waals surface area contributed by atoms with Gasteiger partial charge in [0.2, 0.25) is 0 Å². The molecule has 0 bridgehead atoms. The highest BCUT2D eigenvalue weighted by atomic mass is 16.3. The van der Waals surface area contributed by atoms with E-state index in [1.165, 1.54) is 65.7 Å². The molecule has 11 rings (SSSR count). The Labute approximate surface area is 331 Å². The minimum atomic E-state index is 0.881. The predicted octanol–water partition coefficient (Wildman–Crippen LogP) is 15.9. The van der Waals surface area contributed by atoms with E-state index in [1.54, 1.807) is 0 Å². The van der Waals surface area contributed by atoms with Gasteiger partial charge in [0, 0.05) is 16.5 Å². The zero-order valence-electron chi connectivity index (χ0n) is 31.2. The molecule has 1 nitrogen and oxygen atoms in total. The molecule has 0 spiro atoms. The first-order valence-electron chi connectivity index (χ1n) is 19.6. The summed E-state index contributed by atoms with van der Waals surface area (Å²) in [5.74, 6) is 0.894. The molecule has 0 unspecified atom stereocenters. The van der Waals surface area contributed by atoms with Gasteiger partial charge in [0.05, 0.1) is 0 Å². The summed E-state index contributed by atoms with van der Waals surface area (Å²) in [6.07, 6.45) is 0. The second-order valence-corrected chi connectivity index (χ2v) is 14.8. The van der Waals surface area contributed by atoms with Gasteiger partial charge in [-0.05, 0) is 107 Å². The molecule has 1 aromatic heterocycles. The third-order valence-corrected chi connectivity index (χ3v) is 11.5. The Morgan fingerprint density at radius 2 is 0.684 bits per heavy atom. The van der Waals surface area contributed by atoms with Crippen molar-refractivity contribution in [3.8, 4) is 67.0 Å². The standard InChI is InChI=1S/C56H36O/c1-4-14-37(15-5-1)44-30-32-49-50(35-44)53(47-22-12-13-23-48(47)54(49)46-29-26-38-16-10-11-21-43(38)34-46)41-27-24-39(25-28-41)45-31-33-52-51(36-45)55(40-17-6-2-7-18-40)56(57-52)42-19-8-3-9-20-42/h1-36H. The first-order valence-corrected chi connectivity index (χ1v) is 19.6. The molecule has 0 aliphatic rings. The second kappa shape index (κ2) is 13.7. The van der Waals surface area contributed by atoms with Crippen LogP contribution in [0, 0.1) is 0 Å². The van der Waals surface area contributed by atoms with Crippen LogP contribution in [-0.2, 0) is 0 Å². The Bertz CT molecular complexity index is 3250. The molecular weight excluding hydrogens is 689 g/mol. The van der Waals surface area contributed by atoms with Crippen LogP contribution >= 0.6 is 0 Å². The van der Waals surface area contributed by atoms with Crippen LogP contribution in [0.4, 0.5) is 0 Å². The molecule has 0 saturated carbocycles. The van der Waals surface area contributed by atoms with E-state index in [4.69, 9.17) is 4.42 Å². The maximum absolute atomic E-state index is 6.59. The minimum Gasteiger partial charge on any atom is -0.455 e. The van der Waals surface area contributed by atoms with Crippen molar-refractivity contribution in [2.24, 2.45) is 0 Å². The normalized spacial score (nSPS) is 11.5. The van der Waals surface area contributed by atoms with Crippen molar-refractivity contribution in [1.82, 2.24) is 0 Å². The molecule has 10 aromatic carbocycles. The predicted molar refractivity (Wildman–Crippen MR) is 241 cm³/mol. The van der Waals surface area contributed by atoms with E-state index in [0.29, 0.717) is 0 Å². The number of fused-ring (bicyclic) bond motifs is 4. The van der Waals surface area contributed by atoms with Gasteiger partial charge in [-0.15, -0.1) is 0 Å². The smallest absolute Gasteiger partial charge is 0.143 e. The Kier molecular flexibility index (Phi) is 7.89. The lowest BCUT2D eigenvalue weighted by molar-refractivity contribution is 0.632. The molecule has 0 aliphatic carbocycles. The van der Waals surface area contributed by atoms with E-state index in [-0.39, 0.29) is 0 Å². The van der Waals surface area contributed by atoms with Gasteiger partial charge >= 0.3 is 0 Å². The molecule has 0 amide bonds. The lowest BCUT2D eigenvalue weighted by Crippen LogP contribution is -1.92. The first-order chi connectivity index (χ1) is 28.3. The highest BCUT2D eigenvalue weighted by Gasteiger charge is 2.20. The molecule has 0 atom stereocenters. The molecule has 57 heavy (non-hydrogen) atoms. The Morgan fingerprint density at radius 1 is 0.228 bits per heavy atom. The lowest BCUT2D eigenvalue weighted by Gasteiger charge is -2.19. The summed E-state index contributed by atoms with van der Waals surface area (Å²) in [5, 5.41) is 8.58. The van der Waals surface area contributed by atoms with Crippen molar-refractivity contribution >= 4 is 43.3 Å². The number of benzene rings is 10. The van der Waals surface area contributed by atoms with Gasteiger partial charge in [-0.1, -0.05) is 194 Å². The number of hydrogen-bond acceptors (Lipinski definition) is 1. The first kappa shape index (κ1) is 32.9. The van der Waals surface area contributed by atoms with Crippen LogP contribution in [0.1, 0.15) is 0 Å². The van der Waals surface area contributed by atoms with Crippen LogP contribution in [0.2, 0.25) is 0 Å². The topological polar surface area (TPSA) is 13.1 Å².